The number of furan rings is 1. The minimum atomic E-state index is -0.0207. The van der Waals surface area contributed by atoms with E-state index in [1.807, 2.05) is 6.07 Å². The predicted molar refractivity (Wildman–Crippen MR) is 84.0 cm³/mol. The first kappa shape index (κ1) is 14.1. The third-order valence-electron chi connectivity index (χ3n) is 3.88. The molecule has 0 bridgehead atoms. The average Bonchev–Trinajstić information content (AvgIpc) is 3.31. The fourth-order valence-corrected chi connectivity index (χ4v) is 3.55. The Morgan fingerprint density at radius 3 is 3.09 bits per heavy atom. The van der Waals surface area contributed by atoms with Gasteiger partial charge in [0.2, 0.25) is 0 Å². The lowest BCUT2D eigenvalue weighted by molar-refractivity contribution is 0.0711. The van der Waals surface area contributed by atoms with Crippen molar-refractivity contribution in [1.29, 1.82) is 0 Å². The third-order valence-corrected chi connectivity index (χ3v) is 4.88. The number of aryl methyl sites for hydroxylation is 1. The molecule has 4 heterocycles. The van der Waals surface area contributed by atoms with E-state index in [2.05, 4.69) is 26.7 Å². The molecule has 23 heavy (non-hydrogen) atoms. The van der Waals surface area contributed by atoms with Crippen LogP contribution in [-0.2, 0) is 19.5 Å². The highest BCUT2D eigenvalue weighted by atomic mass is 32.1. The molecule has 0 saturated carbocycles. The normalized spacial score (nSPS) is 14.0. The molecule has 4 rings (SSSR count). The summed E-state index contributed by atoms with van der Waals surface area (Å²) in [6.07, 6.45) is 4.06. The van der Waals surface area contributed by atoms with Crippen LogP contribution in [0.25, 0.3) is 10.8 Å². The molecule has 0 saturated heterocycles. The highest BCUT2D eigenvalue weighted by Crippen LogP contribution is 2.27. The zero-order chi connectivity index (χ0) is 15.8. The van der Waals surface area contributed by atoms with Gasteiger partial charge in [-0.2, -0.15) is 0 Å². The maximum atomic E-state index is 12.7. The maximum Gasteiger partial charge on any atom is 0.266 e. The van der Waals surface area contributed by atoms with Crippen LogP contribution < -0.4 is 0 Å². The summed E-state index contributed by atoms with van der Waals surface area (Å²) in [5, 5.41) is 9.08. The molecule has 1 aliphatic heterocycles. The van der Waals surface area contributed by atoms with Crippen molar-refractivity contribution in [3.05, 3.63) is 41.1 Å². The molecular formula is C15H15N5O2S. The van der Waals surface area contributed by atoms with Gasteiger partial charge in [-0.05, 0) is 12.1 Å². The van der Waals surface area contributed by atoms with E-state index in [4.69, 9.17) is 4.42 Å². The lowest BCUT2D eigenvalue weighted by atomic mass is 10.3. The van der Waals surface area contributed by atoms with Gasteiger partial charge in [-0.25, -0.2) is 4.98 Å². The van der Waals surface area contributed by atoms with E-state index < -0.39 is 0 Å². The summed E-state index contributed by atoms with van der Waals surface area (Å²) in [5.74, 6) is 2.48. The van der Waals surface area contributed by atoms with Crippen LogP contribution in [0.15, 0.2) is 29.0 Å². The maximum absolute atomic E-state index is 12.7. The number of nitrogens with zero attached hydrogens (tertiary/aromatic N) is 5. The van der Waals surface area contributed by atoms with Crippen molar-refractivity contribution in [2.24, 2.45) is 0 Å². The standard InChI is InChI=1S/C15H15N5O2S/c1-2-12-17-18-13-9-19(5-6-20(12)13)15(21)11-8-16-14(23-11)10-4-3-7-22-10/h3-4,7-8H,2,5-6,9H2,1H3. The molecule has 118 valence electrons. The second-order valence-corrected chi connectivity index (χ2v) is 6.30. The molecule has 0 atom stereocenters. The van der Waals surface area contributed by atoms with Crippen LogP contribution in [0.3, 0.4) is 0 Å². The summed E-state index contributed by atoms with van der Waals surface area (Å²) in [6.45, 7) is 3.94. The number of fused-ring (bicyclic) bond motifs is 1. The van der Waals surface area contributed by atoms with Crippen molar-refractivity contribution in [3.63, 3.8) is 0 Å². The van der Waals surface area contributed by atoms with Crippen molar-refractivity contribution in [2.75, 3.05) is 6.54 Å². The van der Waals surface area contributed by atoms with Crippen LogP contribution in [0.4, 0.5) is 0 Å². The zero-order valence-corrected chi connectivity index (χ0v) is 13.4. The van der Waals surface area contributed by atoms with Gasteiger partial charge >= 0.3 is 0 Å². The van der Waals surface area contributed by atoms with Gasteiger partial charge in [0.15, 0.2) is 16.6 Å². The Bertz CT molecular complexity index is 836. The molecule has 0 N–H and O–H groups in total. The minimum Gasteiger partial charge on any atom is -0.462 e. The molecule has 0 aliphatic carbocycles. The molecule has 0 fully saturated rings. The summed E-state index contributed by atoms with van der Waals surface area (Å²) in [7, 11) is 0. The van der Waals surface area contributed by atoms with Gasteiger partial charge in [-0.1, -0.05) is 6.92 Å². The predicted octanol–water partition coefficient (Wildman–Crippen LogP) is 2.21. The highest BCUT2D eigenvalue weighted by molar-refractivity contribution is 7.16. The van der Waals surface area contributed by atoms with E-state index >= 15 is 0 Å². The van der Waals surface area contributed by atoms with Crippen molar-refractivity contribution in [1.82, 2.24) is 24.6 Å². The first-order valence-electron chi connectivity index (χ1n) is 7.46. The van der Waals surface area contributed by atoms with Crippen LogP contribution in [-0.4, -0.2) is 37.1 Å². The number of amides is 1. The molecule has 0 radical (unpaired) electrons. The lowest BCUT2D eigenvalue weighted by Gasteiger charge is -2.27. The smallest absolute Gasteiger partial charge is 0.266 e. The second-order valence-electron chi connectivity index (χ2n) is 5.27. The monoisotopic (exact) mass is 329 g/mol. The summed E-state index contributed by atoms with van der Waals surface area (Å²) >= 11 is 1.34. The number of rotatable bonds is 3. The average molecular weight is 329 g/mol. The van der Waals surface area contributed by atoms with Crippen LogP contribution in [0, 0.1) is 0 Å². The largest absolute Gasteiger partial charge is 0.462 e. The fourth-order valence-electron chi connectivity index (χ4n) is 2.70. The van der Waals surface area contributed by atoms with Crippen molar-refractivity contribution >= 4 is 17.2 Å². The Hall–Kier alpha value is -2.48. The van der Waals surface area contributed by atoms with Crippen LogP contribution >= 0.6 is 11.3 Å². The third kappa shape index (κ3) is 2.44. The highest BCUT2D eigenvalue weighted by Gasteiger charge is 2.26. The number of thiazole rings is 1. The Kier molecular flexibility index (Phi) is 3.45. The number of carbonyl (C=O) groups is 1. The summed E-state index contributed by atoms with van der Waals surface area (Å²) in [6, 6.07) is 3.64. The molecule has 8 heteroatoms. The zero-order valence-electron chi connectivity index (χ0n) is 12.6. The van der Waals surface area contributed by atoms with Crippen molar-refractivity contribution in [2.45, 2.75) is 26.4 Å². The number of hydrogen-bond acceptors (Lipinski definition) is 6. The molecule has 1 amide bonds. The second kappa shape index (κ2) is 5.62. The molecule has 0 aromatic carbocycles. The number of hydrogen-bond donors (Lipinski definition) is 0. The molecule has 7 nitrogen and oxygen atoms in total. The Labute approximate surface area is 136 Å². The molecule has 0 spiro atoms. The number of aromatic nitrogens is 4. The molecule has 3 aromatic rings. The Balaban J connectivity index is 1.54. The van der Waals surface area contributed by atoms with Gasteiger partial charge in [0, 0.05) is 19.5 Å². The van der Waals surface area contributed by atoms with Crippen LogP contribution in [0.5, 0.6) is 0 Å². The summed E-state index contributed by atoms with van der Waals surface area (Å²) in [4.78, 5) is 19.4. The first-order valence-corrected chi connectivity index (χ1v) is 8.28. The molecular weight excluding hydrogens is 314 g/mol. The van der Waals surface area contributed by atoms with E-state index in [-0.39, 0.29) is 5.91 Å². The molecule has 0 unspecified atom stereocenters. The quantitative estimate of drug-likeness (QED) is 0.736. The lowest BCUT2D eigenvalue weighted by Crippen LogP contribution is -2.38. The SMILES string of the molecule is CCc1nnc2n1CCN(C(=O)c1cnc(-c3ccco3)s1)C2. The van der Waals surface area contributed by atoms with Gasteiger partial charge in [-0.3, -0.25) is 4.79 Å². The van der Waals surface area contributed by atoms with Crippen molar-refractivity contribution < 1.29 is 9.21 Å². The summed E-state index contributed by atoms with van der Waals surface area (Å²) < 4.78 is 7.42. The Morgan fingerprint density at radius 1 is 1.39 bits per heavy atom. The van der Waals surface area contributed by atoms with Gasteiger partial charge in [0.05, 0.1) is 19.0 Å². The van der Waals surface area contributed by atoms with Gasteiger partial charge in [0.25, 0.3) is 5.91 Å². The Morgan fingerprint density at radius 2 is 2.30 bits per heavy atom. The summed E-state index contributed by atoms with van der Waals surface area (Å²) in [5.41, 5.74) is 0. The van der Waals surface area contributed by atoms with E-state index in [1.54, 1.807) is 23.4 Å². The van der Waals surface area contributed by atoms with E-state index in [0.717, 1.165) is 24.6 Å². The number of carbonyl (C=O) groups excluding carboxylic acids is 1. The molecule has 3 aromatic heterocycles. The van der Waals surface area contributed by atoms with Gasteiger partial charge < -0.3 is 13.9 Å². The van der Waals surface area contributed by atoms with Gasteiger partial charge in [0.1, 0.15) is 10.7 Å². The van der Waals surface area contributed by atoms with Crippen LogP contribution in [0.1, 0.15) is 28.2 Å². The fraction of sp³-hybridized carbons (Fsp3) is 0.333. The van der Waals surface area contributed by atoms with Gasteiger partial charge in [-0.15, -0.1) is 21.5 Å². The van der Waals surface area contributed by atoms with E-state index in [1.165, 1.54) is 11.3 Å². The van der Waals surface area contributed by atoms with E-state index in [9.17, 15) is 4.79 Å². The first-order chi connectivity index (χ1) is 11.3. The molecule has 1 aliphatic rings. The van der Waals surface area contributed by atoms with E-state index in [0.29, 0.717) is 28.7 Å². The minimum absolute atomic E-state index is 0.0207. The topological polar surface area (TPSA) is 77.1 Å². The van der Waals surface area contributed by atoms with Crippen molar-refractivity contribution in [3.8, 4) is 10.8 Å². The van der Waals surface area contributed by atoms with Crippen LogP contribution in [0.2, 0.25) is 0 Å².